The van der Waals surface area contributed by atoms with Gasteiger partial charge in [-0.15, -0.1) is 0 Å². The van der Waals surface area contributed by atoms with E-state index in [1.54, 1.807) is 6.33 Å². The Balaban J connectivity index is 1.60. The van der Waals surface area contributed by atoms with E-state index in [9.17, 15) is 0 Å². The number of aromatic nitrogens is 2. The SMILES string of the molecule is CCc1ccc(Nc2ncnc(N3CC4(C)CC3CC(C)(C)C4)c2N)cc1. The molecule has 2 unspecified atom stereocenters. The van der Waals surface area contributed by atoms with Gasteiger partial charge in [0.05, 0.1) is 0 Å². The van der Waals surface area contributed by atoms with Gasteiger partial charge in [-0.3, -0.25) is 0 Å². The zero-order valence-electron chi connectivity index (χ0n) is 16.9. The molecule has 5 heteroatoms. The maximum atomic E-state index is 6.53. The number of rotatable bonds is 4. The third-order valence-corrected chi connectivity index (χ3v) is 6.17. The number of nitrogen functional groups attached to an aromatic ring is 1. The fraction of sp³-hybridized carbons (Fsp3) is 0.545. The number of aryl methyl sites for hydroxylation is 1. The Labute approximate surface area is 162 Å². The van der Waals surface area contributed by atoms with Crippen LogP contribution in [0.25, 0.3) is 0 Å². The number of hydrogen-bond acceptors (Lipinski definition) is 5. The standard InChI is InChI=1S/C22H31N5/c1-5-15-6-8-16(9-7-15)26-19-18(23)20(25-14-24-19)27-13-22(4)11-17(27)10-21(2,3)12-22/h6-9,14,17H,5,10-13,23H2,1-4H3,(H,24,25,26). The van der Waals surface area contributed by atoms with Gasteiger partial charge in [0, 0.05) is 18.3 Å². The lowest BCUT2D eigenvalue weighted by Gasteiger charge is -2.39. The molecule has 27 heavy (non-hydrogen) atoms. The van der Waals surface area contributed by atoms with Crippen LogP contribution in [0.15, 0.2) is 30.6 Å². The summed E-state index contributed by atoms with van der Waals surface area (Å²) in [5.41, 5.74) is 10.2. The largest absolute Gasteiger partial charge is 0.393 e. The molecule has 0 radical (unpaired) electrons. The molecule has 1 aliphatic heterocycles. The molecule has 1 saturated carbocycles. The molecule has 144 valence electrons. The van der Waals surface area contributed by atoms with Gasteiger partial charge in [-0.25, -0.2) is 9.97 Å². The summed E-state index contributed by atoms with van der Waals surface area (Å²) in [6.45, 7) is 10.4. The molecule has 2 atom stereocenters. The molecular weight excluding hydrogens is 334 g/mol. The average molecular weight is 366 g/mol. The molecule has 0 amide bonds. The molecule has 2 heterocycles. The van der Waals surface area contributed by atoms with E-state index >= 15 is 0 Å². The molecular formula is C22H31N5. The van der Waals surface area contributed by atoms with E-state index in [1.807, 2.05) is 0 Å². The summed E-state index contributed by atoms with van der Waals surface area (Å²) in [6.07, 6.45) is 6.33. The maximum absolute atomic E-state index is 6.53. The molecule has 1 saturated heterocycles. The van der Waals surface area contributed by atoms with Crippen LogP contribution < -0.4 is 16.0 Å². The maximum Gasteiger partial charge on any atom is 0.159 e. The summed E-state index contributed by atoms with van der Waals surface area (Å²) >= 11 is 0. The second-order valence-electron chi connectivity index (χ2n) is 9.48. The zero-order chi connectivity index (χ0) is 19.2. The van der Waals surface area contributed by atoms with Gasteiger partial charge in [-0.2, -0.15) is 0 Å². The van der Waals surface area contributed by atoms with Crippen molar-refractivity contribution in [3.05, 3.63) is 36.2 Å². The topological polar surface area (TPSA) is 67.1 Å². The Morgan fingerprint density at radius 2 is 1.89 bits per heavy atom. The number of nitrogens with two attached hydrogens (primary N) is 1. The third-order valence-electron chi connectivity index (χ3n) is 6.17. The van der Waals surface area contributed by atoms with Gasteiger partial charge in [0.2, 0.25) is 0 Å². The van der Waals surface area contributed by atoms with Crippen LogP contribution in [-0.4, -0.2) is 22.6 Å². The first-order chi connectivity index (χ1) is 12.8. The summed E-state index contributed by atoms with van der Waals surface area (Å²) in [6, 6.07) is 8.92. The second-order valence-corrected chi connectivity index (χ2v) is 9.48. The molecule has 1 aliphatic carbocycles. The highest BCUT2D eigenvalue weighted by Gasteiger charge is 2.50. The smallest absolute Gasteiger partial charge is 0.159 e. The molecule has 2 aromatic rings. The number of fused-ring (bicyclic) bond motifs is 2. The van der Waals surface area contributed by atoms with Crippen molar-refractivity contribution in [3.8, 4) is 0 Å². The fourth-order valence-electron chi connectivity index (χ4n) is 5.38. The Morgan fingerprint density at radius 1 is 1.15 bits per heavy atom. The highest BCUT2D eigenvalue weighted by Crippen LogP contribution is 2.54. The van der Waals surface area contributed by atoms with Crippen LogP contribution >= 0.6 is 0 Å². The Bertz CT molecular complexity index is 829. The predicted molar refractivity (Wildman–Crippen MR) is 112 cm³/mol. The molecule has 2 fully saturated rings. The molecule has 3 N–H and O–H groups in total. The van der Waals surface area contributed by atoms with Gasteiger partial charge >= 0.3 is 0 Å². The van der Waals surface area contributed by atoms with Crippen LogP contribution in [0.3, 0.4) is 0 Å². The summed E-state index contributed by atoms with van der Waals surface area (Å²) in [5, 5.41) is 3.37. The van der Waals surface area contributed by atoms with Crippen LogP contribution in [0.2, 0.25) is 0 Å². The normalized spacial score (nSPS) is 26.2. The number of nitrogens with zero attached hydrogens (tertiary/aromatic N) is 3. The van der Waals surface area contributed by atoms with Crippen molar-refractivity contribution >= 4 is 23.0 Å². The van der Waals surface area contributed by atoms with Gasteiger partial charge in [0.25, 0.3) is 0 Å². The number of benzene rings is 1. The highest BCUT2D eigenvalue weighted by atomic mass is 15.3. The molecule has 5 nitrogen and oxygen atoms in total. The van der Waals surface area contributed by atoms with E-state index in [0.717, 1.165) is 24.5 Å². The van der Waals surface area contributed by atoms with E-state index in [0.29, 0.717) is 28.4 Å². The third kappa shape index (κ3) is 3.47. The van der Waals surface area contributed by atoms with Gasteiger partial charge < -0.3 is 16.0 Å². The van der Waals surface area contributed by atoms with Crippen molar-refractivity contribution in [2.45, 2.75) is 59.4 Å². The van der Waals surface area contributed by atoms with E-state index in [2.05, 4.69) is 72.1 Å². The molecule has 2 aliphatic rings. The summed E-state index contributed by atoms with van der Waals surface area (Å²) in [4.78, 5) is 11.4. The van der Waals surface area contributed by atoms with E-state index in [4.69, 9.17) is 5.73 Å². The Kier molecular flexibility index (Phi) is 4.28. The minimum atomic E-state index is 0.341. The number of anilines is 4. The quantitative estimate of drug-likeness (QED) is 0.817. The van der Waals surface area contributed by atoms with Gasteiger partial charge in [-0.1, -0.05) is 39.8 Å². The zero-order valence-corrected chi connectivity index (χ0v) is 16.9. The van der Waals surface area contributed by atoms with Crippen molar-refractivity contribution in [1.82, 2.24) is 9.97 Å². The van der Waals surface area contributed by atoms with Crippen LogP contribution in [0.1, 0.15) is 52.5 Å². The summed E-state index contributed by atoms with van der Waals surface area (Å²) < 4.78 is 0. The first-order valence-electron chi connectivity index (χ1n) is 10.0. The Hall–Kier alpha value is -2.30. The minimum Gasteiger partial charge on any atom is -0.393 e. The Morgan fingerprint density at radius 3 is 2.59 bits per heavy atom. The molecule has 4 rings (SSSR count). The average Bonchev–Trinajstić information content (AvgIpc) is 2.86. The lowest BCUT2D eigenvalue weighted by atomic mass is 9.65. The lowest BCUT2D eigenvalue weighted by Crippen LogP contribution is -2.35. The first-order valence-corrected chi connectivity index (χ1v) is 10.0. The fourth-order valence-corrected chi connectivity index (χ4v) is 5.38. The van der Waals surface area contributed by atoms with Crippen molar-refractivity contribution in [3.63, 3.8) is 0 Å². The van der Waals surface area contributed by atoms with Crippen molar-refractivity contribution < 1.29 is 0 Å². The first kappa shape index (κ1) is 18.1. The van der Waals surface area contributed by atoms with Gasteiger partial charge in [-0.05, 0) is 54.2 Å². The van der Waals surface area contributed by atoms with Crippen LogP contribution in [0, 0.1) is 10.8 Å². The van der Waals surface area contributed by atoms with E-state index in [1.165, 1.54) is 24.8 Å². The van der Waals surface area contributed by atoms with Crippen LogP contribution in [0.5, 0.6) is 0 Å². The monoisotopic (exact) mass is 365 g/mol. The molecule has 1 aromatic heterocycles. The van der Waals surface area contributed by atoms with Crippen LogP contribution in [0.4, 0.5) is 23.0 Å². The second kappa shape index (κ2) is 6.39. The molecule has 1 aromatic carbocycles. The molecule has 2 bridgehead atoms. The van der Waals surface area contributed by atoms with Crippen molar-refractivity contribution in [2.75, 3.05) is 22.5 Å². The van der Waals surface area contributed by atoms with Gasteiger partial charge in [0.1, 0.15) is 12.0 Å². The van der Waals surface area contributed by atoms with Crippen molar-refractivity contribution in [1.29, 1.82) is 0 Å². The van der Waals surface area contributed by atoms with E-state index in [-0.39, 0.29) is 0 Å². The number of hydrogen-bond donors (Lipinski definition) is 2. The van der Waals surface area contributed by atoms with Crippen LogP contribution in [-0.2, 0) is 6.42 Å². The predicted octanol–water partition coefficient (Wildman–Crippen LogP) is 4.77. The van der Waals surface area contributed by atoms with E-state index < -0.39 is 0 Å². The minimum absolute atomic E-state index is 0.341. The summed E-state index contributed by atoms with van der Waals surface area (Å²) in [5.74, 6) is 1.57. The molecule has 0 spiro atoms. The lowest BCUT2D eigenvalue weighted by molar-refractivity contribution is 0.136. The van der Waals surface area contributed by atoms with Gasteiger partial charge in [0.15, 0.2) is 11.6 Å². The highest BCUT2D eigenvalue weighted by molar-refractivity contribution is 5.78. The summed E-state index contributed by atoms with van der Waals surface area (Å²) in [7, 11) is 0. The van der Waals surface area contributed by atoms with Crippen molar-refractivity contribution in [2.24, 2.45) is 10.8 Å². The number of nitrogens with one attached hydrogen (secondary N) is 1.